The highest BCUT2D eigenvalue weighted by Crippen LogP contribution is 2.33. The molecule has 122 valence electrons. The molecule has 2 heterocycles. The quantitative estimate of drug-likeness (QED) is 0.497. The number of aromatic amines is 1. The van der Waals surface area contributed by atoms with Gasteiger partial charge >= 0.3 is 5.69 Å². The van der Waals surface area contributed by atoms with Crippen LogP contribution in [0.1, 0.15) is 18.9 Å². The molecule has 0 spiro atoms. The van der Waals surface area contributed by atoms with Gasteiger partial charge in [-0.25, -0.2) is 4.79 Å². The van der Waals surface area contributed by atoms with Crippen LogP contribution >= 0.6 is 0 Å². The van der Waals surface area contributed by atoms with Crippen molar-refractivity contribution in [2.24, 2.45) is 0 Å². The molecule has 22 heavy (non-hydrogen) atoms. The van der Waals surface area contributed by atoms with E-state index in [0.29, 0.717) is 0 Å². The second-order valence-corrected chi connectivity index (χ2v) is 5.41. The monoisotopic (exact) mass is 313 g/mol. The van der Waals surface area contributed by atoms with Crippen LogP contribution in [0.25, 0.3) is 0 Å². The first kappa shape index (κ1) is 16.4. The van der Waals surface area contributed by atoms with Gasteiger partial charge in [0.1, 0.15) is 6.10 Å². The molecule has 1 aliphatic rings. The number of rotatable bonds is 4. The van der Waals surface area contributed by atoms with Crippen LogP contribution in [0.3, 0.4) is 0 Å². The summed E-state index contributed by atoms with van der Waals surface area (Å²) in [7, 11) is 0. The average molecular weight is 313 g/mol. The molecule has 1 amide bonds. The van der Waals surface area contributed by atoms with E-state index in [4.69, 9.17) is 4.74 Å². The second kappa shape index (κ2) is 6.03. The largest absolute Gasteiger partial charge is 0.394 e. The van der Waals surface area contributed by atoms with Crippen molar-refractivity contribution in [2.45, 2.75) is 38.2 Å². The summed E-state index contributed by atoms with van der Waals surface area (Å²) in [6.45, 7) is 2.32. The Labute approximate surface area is 125 Å². The van der Waals surface area contributed by atoms with E-state index in [1.54, 1.807) is 0 Å². The normalized spacial score (nSPS) is 27.8. The fourth-order valence-corrected chi connectivity index (χ4v) is 2.51. The highest BCUT2D eigenvalue weighted by molar-refractivity contribution is 5.72. The number of aryl methyl sites for hydroxylation is 1. The van der Waals surface area contributed by atoms with Gasteiger partial charge in [0.2, 0.25) is 5.91 Å². The number of carbonyl (C=O) groups excluding carboxylic acids is 1. The number of nitrogens with one attached hydrogen (secondary N) is 2. The van der Waals surface area contributed by atoms with Crippen LogP contribution in [0.4, 0.5) is 0 Å². The molecule has 4 N–H and O–H groups in total. The van der Waals surface area contributed by atoms with Gasteiger partial charge in [-0.1, -0.05) is 0 Å². The third-order valence-electron chi connectivity index (χ3n) is 3.68. The number of nitrogens with zero attached hydrogens (tertiary/aromatic N) is 1. The molecule has 0 unspecified atom stereocenters. The third-order valence-corrected chi connectivity index (χ3v) is 3.68. The first-order valence-corrected chi connectivity index (χ1v) is 6.83. The Morgan fingerprint density at radius 1 is 1.59 bits per heavy atom. The lowest BCUT2D eigenvalue weighted by molar-refractivity contribution is -0.130. The molecular formula is C13H19N3O6. The summed E-state index contributed by atoms with van der Waals surface area (Å²) < 4.78 is 6.79. The van der Waals surface area contributed by atoms with Gasteiger partial charge in [-0.15, -0.1) is 0 Å². The Morgan fingerprint density at radius 3 is 2.82 bits per heavy atom. The molecule has 0 aromatic carbocycles. The zero-order valence-corrected chi connectivity index (χ0v) is 12.3. The van der Waals surface area contributed by atoms with Crippen LogP contribution in [0.5, 0.6) is 0 Å². The molecule has 1 aliphatic heterocycles. The zero-order valence-electron chi connectivity index (χ0n) is 12.3. The minimum absolute atomic E-state index is 0.0100. The Bertz CT molecular complexity index is 681. The first-order chi connectivity index (χ1) is 10.3. The summed E-state index contributed by atoms with van der Waals surface area (Å²) in [6.07, 6.45) is -0.579. The number of hydrogen-bond acceptors (Lipinski definition) is 6. The first-order valence-electron chi connectivity index (χ1n) is 6.83. The number of H-pyrrole nitrogens is 1. The second-order valence-electron chi connectivity index (χ2n) is 5.41. The molecule has 1 aromatic heterocycles. The van der Waals surface area contributed by atoms with Gasteiger partial charge in [0.15, 0.2) is 5.72 Å². The van der Waals surface area contributed by atoms with Crippen molar-refractivity contribution in [2.75, 3.05) is 13.2 Å². The maximum absolute atomic E-state index is 12.1. The van der Waals surface area contributed by atoms with Crippen LogP contribution in [-0.4, -0.2) is 51.0 Å². The molecule has 3 atom stereocenters. The summed E-state index contributed by atoms with van der Waals surface area (Å²) >= 11 is 0. The van der Waals surface area contributed by atoms with Crippen LogP contribution in [0, 0.1) is 6.92 Å². The van der Waals surface area contributed by atoms with Gasteiger partial charge in [0, 0.05) is 25.1 Å². The summed E-state index contributed by atoms with van der Waals surface area (Å²) in [4.78, 5) is 36.9. The molecule has 0 bridgehead atoms. The van der Waals surface area contributed by atoms with E-state index >= 15 is 0 Å². The molecule has 0 radical (unpaired) electrons. The van der Waals surface area contributed by atoms with E-state index in [1.807, 2.05) is 0 Å². The van der Waals surface area contributed by atoms with Gasteiger partial charge < -0.3 is 20.3 Å². The Kier molecular flexibility index (Phi) is 4.50. The number of carbonyl (C=O) groups is 1. The van der Waals surface area contributed by atoms with Crippen LogP contribution < -0.4 is 16.6 Å². The van der Waals surface area contributed by atoms with E-state index in [2.05, 4.69) is 10.3 Å². The van der Waals surface area contributed by atoms with Crippen molar-refractivity contribution in [3.05, 3.63) is 32.6 Å². The molecular weight excluding hydrogens is 294 g/mol. The SMILES string of the molecule is CC(=O)NC[C@]1(n2cc(C)c(=O)[nH]c2=O)C[C@H](O)[C@@H](CO)O1. The number of aliphatic hydroxyl groups is 2. The van der Waals surface area contributed by atoms with Crippen molar-refractivity contribution in [3.8, 4) is 0 Å². The standard InChI is InChI=1S/C13H19N3O6/c1-7-4-16(12(21)15-11(7)20)13(6-14-8(2)18)3-9(19)10(5-17)22-13/h4,9-10,17,19H,3,5-6H2,1-2H3,(H,14,18)(H,15,20,21)/t9-,10+,13-/m0/s1. The predicted octanol–water partition coefficient (Wildman–Crippen LogP) is -2.22. The van der Waals surface area contributed by atoms with E-state index in [1.165, 1.54) is 20.0 Å². The Morgan fingerprint density at radius 2 is 2.27 bits per heavy atom. The summed E-state index contributed by atoms with van der Waals surface area (Å²) in [6, 6.07) is 0. The minimum Gasteiger partial charge on any atom is -0.394 e. The Balaban J connectivity index is 2.50. The zero-order chi connectivity index (χ0) is 16.5. The summed E-state index contributed by atoms with van der Waals surface area (Å²) in [5.41, 5.74) is -2.32. The smallest absolute Gasteiger partial charge is 0.330 e. The van der Waals surface area contributed by atoms with E-state index in [9.17, 15) is 24.6 Å². The highest BCUT2D eigenvalue weighted by Gasteiger charge is 2.48. The maximum atomic E-state index is 12.1. The molecule has 1 fully saturated rings. The van der Waals surface area contributed by atoms with Crippen molar-refractivity contribution < 1.29 is 19.7 Å². The molecule has 1 saturated heterocycles. The highest BCUT2D eigenvalue weighted by atomic mass is 16.6. The van der Waals surface area contributed by atoms with E-state index < -0.39 is 35.8 Å². The number of amides is 1. The molecule has 1 aromatic rings. The van der Waals surface area contributed by atoms with Crippen LogP contribution in [0.2, 0.25) is 0 Å². The fourth-order valence-electron chi connectivity index (χ4n) is 2.51. The molecule has 0 aliphatic carbocycles. The van der Waals surface area contributed by atoms with Gasteiger partial charge in [-0.2, -0.15) is 0 Å². The Hall–Kier alpha value is -1.97. The summed E-state index contributed by atoms with van der Waals surface area (Å²) in [5.74, 6) is -0.334. The van der Waals surface area contributed by atoms with Gasteiger partial charge in [-0.05, 0) is 6.92 Å². The van der Waals surface area contributed by atoms with Crippen LogP contribution in [-0.2, 0) is 15.3 Å². The third kappa shape index (κ3) is 2.96. The van der Waals surface area contributed by atoms with Gasteiger partial charge in [-0.3, -0.25) is 19.1 Å². The molecule has 0 saturated carbocycles. The van der Waals surface area contributed by atoms with Crippen molar-refractivity contribution in [3.63, 3.8) is 0 Å². The predicted molar refractivity (Wildman–Crippen MR) is 75.3 cm³/mol. The lowest BCUT2D eigenvalue weighted by Gasteiger charge is -2.31. The van der Waals surface area contributed by atoms with E-state index in [-0.39, 0.29) is 24.4 Å². The number of hydrogen-bond donors (Lipinski definition) is 4. The van der Waals surface area contributed by atoms with Gasteiger partial charge in [0.25, 0.3) is 5.56 Å². The summed E-state index contributed by atoms with van der Waals surface area (Å²) in [5, 5.41) is 21.8. The molecule has 9 nitrogen and oxygen atoms in total. The van der Waals surface area contributed by atoms with Crippen molar-refractivity contribution in [1.82, 2.24) is 14.9 Å². The lowest BCUT2D eigenvalue weighted by atomic mass is 10.1. The lowest BCUT2D eigenvalue weighted by Crippen LogP contribution is -2.51. The maximum Gasteiger partial charge on any atom is 0.330 e. The number of ether oxygens (including phenoxy) is 1. The molecule has 9 heteroatoms. The van der Waals surface area contributed by atoms with E-state index in [0.717, 1.165) is 4.57 Å². The fraction of sp³-hybridized carbons (Fsp3) is 0.615. The average Bonchev–Trinajstić information content (AvgIpc) is 2.78. The van der Waals surface area contributed by atoms with Crippen molar-refractivity contribution >= 4 is 5.91 Å². The van der Waals surface area contributed by atoms with Crippen LogP contribution in [0.15, 0.2) is 15.8 Å². The topological polar surface area (TPSA) is 134 Å². The number of aliphatic hydroxyl groups excluding tert-OH is 2. The number of aromatic nitrogens is 2. The molecule has 2 rings (SSSR count). The van der Waals surface area contributed by atoms with Crippen molar-refractivity contribution in [1.29, 1.82) is 0 Å². The van der Waals surface area contributed by atoms with Gasteiger partial charge in [0.05, 0.1) is 19.3 Å². The minimum atomic E-state index is -1.37.